The summed E-state index contributed by atoms with van der Waals surface area (Å²) in [4.78, 5) is 26.1. The standard InChI is InChI=1S/C13H19F3N2O3/c1-11(2)9(19)17-12(5-3-4-6-12)10(20)18(11)7-8-21-13(14,15)16/h3-8H2,1-2H3,(H,17,19). The van der Waals surface area contributed by atoms with Gasteiger partial charge in [-0.1, -0.05) is 12.8 Å². The second-order valence-electron chi connectivity index (χ2n) is 6.05. The van der Waals surface area contributed by atoms with Gasteiger partial charge in [0.25, 0.3) is 0 Å². The average molecular weight is 308 g/mol. The first-order valence-corrected chi connectivity index (χ1v) is 6.94. The number of hydrogen-bond donors (Lipinski definition) is 1. The van der Waals surface area contributed by atoms with Crippen LogP contribution in [0.25, 0.3) is 0 Å². The molecule has 1 spiro atoms. The molecule has 0 bridgehead atoms. The minimum atomic E-state index is -4.74. The van der Waals surface area contributed by atoms with E-state index in [4.69, 9.17) is 0 Å². The number of alkyl halides is 3. The van der Waals surface area contributed by atoms with Crippen molar-refractivity contribution in [1.29, 1.82) is 0 Å². The fraction of sp³-hybridized carbons (Fsp3) is 0.846. The Morgan fingerprint density at radius 1 is 1.24 bits per heavy atom. The molecule has 1 saturated heterocycles. The van der Waals surface area contributed by atoms with Crippen molar-refractivity contribution < 1.29 is 27.5 Å². The van der Waals surface area contributed by atoms with E-state index in [1.807, 2.05) is 0 Å². The van der Waals surface area contributed by atoms with E-state index in [0.717, 1.165) is 12.8 Å². The molecule has 2 rings (SSSR count). The van der Waals surface area contributed by atoms with Gasteiger partial charge in [-0.2, -0.15) is 0 Å². The van der Waals surface area contributed by atoms with Gasteiger partial charge < -0.3 is 10.2 Å². The zero-order valence-corrected chi connectivity index (χ0v) is 12.0. The van der Waals surface area contributed by atoms with Gasteiger partial charge in [-0.3, -0.25) is 14.3 Å². The zero-order valence-electron chi connectivity index (χ0n) is 12.0. The van der Waals surface area contributed by atoms with Crippen LogP contribution in [0.3, 0.4) is 0 Å². The monoisotopic (exact) mass is 308 g/mol. The van der Waals surface area contributed by atoms with E-state index in [2.05, 4.69) is 10.1 Å². The first kappa shape index (κ1) is 16.1. The van der Waals surface area contributed by atoms with Gasteiger partial charge in [0.2, 0.25) is 11.8 Å². The Kier molecular flexibility index (Phi) is 3.94. The van der Waals surface area contributed by atoms with Gasteiger partial charge >= 0.3 is 6.36 Å². The molecular weight excluding hydrogens is 289 g/mol. The number of rotatable bonds is 3. The highest BCUT2D eigenvalue weighted by Gasteiger charge is 2.55. The summed E-state index contributed by atoms with van der Waals surface area (Å²) in [5.41, 5.74) is -2.12. The van der Waals surface area contributed by atoms with Crippen molar-refractivity contribution in [2.45, 2.75) is 57.0 Å². The smallest absolute Gasteiger partial charge is 0.340 e. The molecule has 2 amide bonds. The van der Waals surface area contributed by atoms with Crippen LogP contribution in [0.2, 0.25) is 0 Å². The van der Waals surface area contributed by atoms with Crippen LogP contribution in [0.15, 0.2) is 0 Å². The number of amides is 2. The Morgan fingerprint density at radius 2 is 1.81 bits per heavy atom. The predicted octanol–water partition coefficient (Wildman–Crippen LogP) is 1.57. The molecule has 1 aliphatic carbocycles. The van der Waals surface area contributed by atoms with Crippen molar-refractivity contribution in [2.24, 2.45) is 0 Å². The third-order valence-electron chi connectivity index (χ3n) is 4.28. The lowest BCUT2D eigenvalue weighted by Gasteiger charge is -2.48. The van der Waals surface area contributed by atoms with Gasteiger partial charge in [0.05, 0.1) is 6.61 Å². The highest BCUT2D eigenvalue weighted by Crippen LogP contribution is 2.37. The lowest BCUT2D eigenvalue weighted by Crippen LogP contribution is -2.73. The van der Waals surface area contributed by atoms with Crippen molar-refractivity contribution in [3.8, 4) is 0 Å². The molecule has 2 aliphatic rings. The summed E-state index contributed by atoms with van der Waals surface area (Å²) >= 11 is 0. The van der Waals surface area contributed by atoms with E-state index in [0.29, 0.717) is 12.8 Å². The summed E-state index contributed by atoms with van der Waals surface area (Å²) in [7, 11) is 0. The number of piperazine rings is 1. The van der Waals surface area contributed by atoms with E-state index < -0.39 is 24.0 Å². The van der Waals surface area contributed by atoms with Gasteiger partial charge in [-0.25, -0.2) is 0 Å². The maximum absolute atomic E-state index is 12.6. The van der Waals surface area contributed by atoms with Gasteiger partial charge in [-0.05, 0) is 26.7 Å². The van der Waals surface area contributed by atoms with E-state index in [1.165, 1.54) is 18.7 Å². The minimum Gasteiger partial charge on any atom is -0.340 e. The molecule has 2 fully saturated rings. The number of nitrogens with zero attached hydrogens (tertiary/aromatic N) is 1. The van der Waals surface area contributed by atoms with Crippen molar-refractivity contribution in [3.63, 3.8) is 0 Å². The molecular formula is C13H19F3N2O3. The van der Waals surface area contributed by atoms with Crippen LogP contribution in [0.5, 0.6) is 0 Å². The number of carbonyl (C=O) groups excluding carboxylic acids is 2. The molecule has 1 heterocycles. The zero-order chi connectivity index (χ0) is 15.9. The molecule has 0 unspecified atom stereocenters. The Bertz CT molecular complexity index is 442. The first-order valence-electron chi connectivity index (χ1n) is 6.94. The molecule has 0 aromatic carbocycles. The Balaban J connectivity index is 2.14. The average Bonchev–Trinajstić information content (AvgIpc) is 2.80. The van der Waals surface area contributed by atoms with Crippen LogP contribution >= 0.6 is 0 Å². The largest absolute Gasteiger partial charge is 0.522 e. The van der Waals surface area contributed by atoms with E-state index in [1.54, 1.807) is 0 Å². The summed E-state index contributed by atoms with van der Waals surface area (Å²) in [5.74, 6) is -0.647. The molecule has 5 nitrogen and oxygen atoms in total. The van der Waals surface area contributed by atoms with Crippen LogP contribution in [0.1, 0.15) is 39.5 Å². The summed E-state index contributed by atoms with van der Waals surface area (Å²) in [6.07, 6.45) is -2.04. The van der Waals surface area contributed by atoms with Gasteiger partial charge in [0, 0.05) is 6.54 Å². The predicted molar refractivity (Wildman–Crippen MR) is 67.1 cm³/mol. The third kappa shape index (κ3) is 3.00. The van der Waals surface area contributed by atoms with Gasteiger partial charge in [0.15, 0.2) is 0 Å². The first-order chi connectivity index (χ1) is 9.58. The highest BCUT2D eigenvalue weighted by molar-refractivity contribution is 6.02. The lowest BCUT2D eigenvalue weighted by molar-refractivity contribution is -0.325. The molecule has 0 radical (unpaired) electrons. The van der Waals surface area contributed by atoms with Crippen LogP contribution in [0.4, 0.5) is 13.2 Å². The molecule has 0 atom stereocenters. The number of ether oxygens (including phenoxy) is 1. The van der Waals surface area contributed by atoms with E-state index >= 15 is 0 Å². The van der Waals surface area contributed by atoms with E-state index in [-0.39, 0.29) is 18.4 Å². The normalized spacial score (nSPS) is 24.5. The number of nitrogens with one attached hydrogen (secondary N) is 1. The summed E-state index contributed by atoms with van der Waals surface area (Å²) in [5, 5.41) is 2.78. The maximum Gasteiger partial charge on any atom is 0.522 e. The summed E-state index contributed by atoms with van der Waals surface area (Å²) in [6.45, 7) is 2.10. The van der Waals surface area contributed by atoms with Gasteiger partial charge in [0.1, 0.15) is 11.1 Å². The summed E-state index contributed by atoms with van der Waals surface area (Å²) in [6, 6.07) is 0. The number of halogens is 3. The molecule has 1 aliphatic heterocycles. The molecule has 120 valence electrons. The van der Waals surface area contributed by atoms with Crippen molar-refractivity contribution >= 4 is 11.8 Å². The molecule has 8 heteroatoms. The van der Waals surface area contributed by atoms with Crippen LogP contribution in [-0.4, -0.2) is 47.3 Å². The minimum absolute atomic E-state index is 0.263. The van der Waals surface area contributed by atoms with Crippen molar-refractivity contribution in [2.75, 3.05) is 13.2 Å². The fourth-order valence-electron chi connectivity index (χ4n) is 3.01. The Morgan fingerprint density at radius 3 is 2.33 bits per heavy atom. The van der Waals surface area contributed by atoms with Crippen molar-refractivity contribution in [3.05, 3.63) is 0 Å². The molecule has 1 N–H and O–H groups in total. The highest BCUT2D eigenvalue weighted by atomic mass is 19.4. The van der Waals surface area contributed by atoms with Crippen LogP contribution < -0.4 is 5.32 Å². The molecule has 0 aromatic rings. The summed E-state index contributed by atoms with van der Waals surface area (Å²) < 4.78 is 39.9. The topological polar surface area (TPSA) is 58.6 Å². The Hall–Kier alpha value is -1.31. The molecule has 1 saturated carbocycles. The lowest BCUT2D eigenvalue weighted by atomic mass is 9.86. The van der Waals surface area contributed by atoms with Crippen LogP contribution in [0, 0.1) is 0 Å². The number of hydrogen-bond acceptors (Lipinski definition) is 3. The quantitative estimate of drug-likeness (QED) is 0.861. The SMILES string of the molecule is CC1(C)C(=O)NC2(CCCC2)C(=O)N1CCOC(F)(F)F. The second-order valence-corrected chi connectivity index (χ2v) is 6.05. The second kappa shape index (κ2) is 5.15. The third-order valence-corrected chi connectivity index (χ3v) is 4.28. The van der Waals surface area contributed by atoms with Crippen LogP contribution in [-0.2, 0) is 14.3 Å². The number of carbonyl (C=O) groups is 2. The van der Waals surface area contributed by atoms with Crippen molar-refractivity contribution in [1.82, 2.24) is 10.2 Å². The van der Waals surface area contributed by atoms with Gasteiger partial charge in [-0.15, -0.1) is 13.2 Å². The maximum atomic E-state index is 12.6. The molecule has 21 heavy (non-hydrogen) atoms. The Labute approximate surface area is 120 Å². The van der Waals surface area contributed by atoms with E-state index in [9.17, 15) is 22.8 Å². The fourth-order valence-corrected chi connectivity index (χ4v) is 3.01. The molecule has 0 aromatic heterocycles.